The van der Waals surface area contributed by atoms with Crippen LogP contribution in [0, 0.1) is 6.92 Å². The van der Waals surface area contributed by atoms with Crippen LogP contribution in [0.5, 0.6) is 0 Å². The Bertz CT molecular complexity index is 277. The normalized spacial score (nSPS) is 16.8. The second-order valence-electron chi connectivity index (χ2n) is 3.23. The van der Waals surface area contributed by atoms with Gasteiger partial charge >= 0.3 is 0 Å². The highest BCUT2D eigenvalue weighted by Crippen LogP contribution is 2.42. The van der Waals surface area contributed by atoms with E-state index in [0.717, 1.165) is 11.4 Å². The molecule has 0 atom stereocenters. The Morgan fingerprint density at radius 3 is 2.82 bits per heavy atom. The van der Waals surface area contributed by atoms with Crippen molar-refractivity contribution in [3.63, 3.8) is 0 Å². The summed E-state index contributed by atoms with van der Waals surface area (Å²) < 4.78 is 0. The number of anilines is 1. The maximum atomic E-state index is 5.82. The zero-order chi connectivity index (χ0) is 7.84. The number of pyridine rings is 1. The standard InChI is InChI=1S/C9H12N2/c1-6-4-9(10)8(5-11-6)7-2-3-7/h4-5,7H,2-3H2,1H3,(H2,10,11). The minimum atomic E-state index is 0.711. The van der Waals surface area contributed by atoms with Crippen LogP contribution in [-0.2, 0) is 0 Å². The summed E-state index contributed by atoms with van der Waals surface area (Å²) in [5.41, 5.74) is 8.99. The van der Waals surface area contributed by atoms with Crippen molar-refractivity contribution >= 4 is 5.69 Å². The van der Waals surface area contributed by atoms with Gasteiger partial charge in [0, 0.05) is 17.6 Å². The van der Waals surface area contributed by atoms with Crippen molar-refractivity contribution in [1.29, 1.82) is 0 Å². The van der Waals surface area contributed by atoms with Crippen molar-refractivity contribution in [3.8, 4) is 0 Å². The van der Waals surface area contributed by atoms with E-state index in [-0.39, 0.29) is 0 Å². The summed E-state index contributed by atoms with van der Waals surface area (Å²) in [6, 6.07) is 1.95. The van der Waals surface area contributed by atoms with Gasteiger partial charge in [-0.25, -0.2) is 0 Å². The Morgan fingerprint density at radius 2 is 2.27 bits per heavy atom. The molecule has 2 N–H and O–H groups in total. The summed E-state index contributed by atoms with van der Waals surface area (Å²) in [6.07, 6.45) is 4.49. The van der Waals surface area contributed by atoms with Crippen LogP contribution in [0.15, 0.2) is 12.3 Å². The molecule has 0 aromatic carbocycles. The molecule has 0 amide bonds. The van der Waals surface area contributed by atoms with Crippen LogP contribution < -0.4 is 5.73 Å². The Kier molecular flexibility index (Phi) is 1.34. The number of nitrogens with two attached hydrogens (primary N) is 1. The van der Waals surface area contributed by atoms with Crippen molar-refractivity contribution in [2.45, 2.75) is 25.7 Å². The molecule has 1 saturated carbocycles. The van der Waals surface area contributed by atoms with Gasteiger partial charge in [-0.1, -0.05) is 0 Å². The van der Waals surface area contributed by atoms with E-state index in [9.17, 15) is 0 Å². The van der Waals surface area contributed by atoms with Crippen LogP contribution in [0.2, 0.25) is 0 Å². The topological polar surface area (TPSA) is 38.9 Å². The van der Waals surface area contributed by atoms with Crippen molar-refractivity contribution in [1.82, 2.24) is 4.98 Å². The lowest BCUT2D eigenvalue weighted by atomic mass is 10.1. The third-order valence-electron chi connectivity index (χ3n) is 2.12. The molecule has 1 aromatic rings. The molecule has 0 radical (unpaired) electrons. The molecule has 2 nitrogen and oxygen atoms in total. The Morgan fingerprint density at radius 1 is 1.55 bits per heavy atom. The van der Waals surface area contributed by atoms with Crippen LogP contribution in [0.25, 0.3) is 0 Å². The lowest BCUT2D eigenvalue weighted by Gasteiger charge is -2.02. The highest BCUT2D eigenvalue weighted by Gasteiger charge is 2.25. The Hall–Kier alpha value is -1.05. The molecule has 1 aliphatic carbocycles. The molecule has 58 valence electrons. The average molecular weight is 148 g/mol. The number of hydrogen-bond donors (Lipinski definition) is 1. The third-order valence-corrected chi connectivity index (χ3v) is 2.12. The smallest absolute Gasteiger partial charge is 0.0393 e. The van der Waals surface area contributed by atoms with E-state index in [4.69, 9.17) is 5.73 Å². The van der Waals surface area contributed by atoms with Gasteiger partial charge in [-0.05, 0) is 37.3 Å². The molecule has 0 spiro atoms. The fourth-order valence-electron chi connectivity index (χ4n) is 1.33. The largest absolute Gasteiger partial charge is 0.398 e. The molecular weight excluding hydrogens is 136 g/mol. The maximum absolute atomic E-state index is 5.82. The zero-order valence-corrected chi connectivity index (χ0v) is 6.67. The predicted octanol–water partition coefficient (Wildman–Crippen LogP) is 1.85. The minimum Gasteiger partial charge on any atom is -0.398 e. The van der Waals surface area contributed by atoms with Crippen LogP contribution in [0.3, 0.4) is 0 Å². The maximum Gasteiger partial charge on any atom is 0.0393 e. The molecule has 1 fully saturated rings. The van der Waals surface area contributed by atoms with Crippen molar-refractivity contribution in [3.05, 3.63) is 23.5 Å². The van der Waals surface area contributed by atoms with Crippen LogP contribution in [0.4, 0.5) is 5.69 Å². The van der Waals surface area contributed by atoms with Crippen molar-refractivity contribution in [2.75, 3.05) is 5.73 Å². The SMILES string of the molecule is Cc1cc(N)c(C2CC2)cn1. The minimum absolute atomic E-state index is 0.711. The third kappa shape index (κ3) is 1.20. The first kappa shape index (κ1) is 6.65. The summed E-state index contributed by atoms with van der Waals surface area (Å²) in [4.78, 5) is 4.22. The van der Waals surface area contributed by atoms with Gasteiger partial charge in [0.25, 0.3) is 0 Å². The molecule has 1 heterocycles. The molecule has 1 aromatic heterocycles. The summed E-state index contributed by atoms with van der Waals surface area (Å²) in [5.74, 6) is 0.711. The molecule has 0 unspecified atom stereocenters. The second kappa shape index (κ2) is 2.22. The van der Waals surface area contributed by atoms with Gasteiger partial charge in [0.2, 0.25) is 0 Å². The predicted molar refractivity (Wildman–Crippen MR) is 45.4 cm³/mol. The molecule has 1 aliphatic rings. The van der Waals surface area contributed by atoms with E-state index in [1.165, 1.54) is 18.4 Å². The van der Waals surface area contributed by atoms with Gasteiger partial charge in [0.1, 0.15) is 0 Å². The summed E-state index contributed by atoms with van der Waals surface area (Å²) in [5, 5.41) is 0. The lowest BCUT2D eigenvalue weighted by molar-refractivity contribution is 1.07. The molecule has 0 bridgehead atoms. The fraction of sp³-hybridized carbons (Fsp3) is 0.444. The first-order valence-electron chi connectivity index (χ1n) is 3.99. The highest BCUT2D eigenvalue weighted by atomic mass is 14.7. The molecule has 2 rings (SSSR count). The Balaban J connectivity index is 2.39. The number of nitrogen functional groups attached to an aromatic ring is 1. The first-order valence-corrected chi connectivity index (χ1v) is 3.99. The van der Waals surface area contributed by atoms with Gasteiger partial charge in [0.15, 0.2) is 0 Å². The monoisotopic (exact) mass is 148 g/mol. The van der Waals surface area contributed by atoms with Gasteiger partial charge in [-0.15, -0.1) is 0 Å². The van der Waals surface area contributed by atoms with E-state index in [1.54, 1.807) is 0 Å². The van der Waals surface area contributed by atoms with Crippen molar-refractivity contribution in [2.24, 2.45) is 0 Å². The van der Waals surface area contributed by atoms with E-state index in [0.29, 0.717) is 5.92 Å². The highest BCUT2D eigenvalue weighted by molar-refractivity contribution is 5.49. The lowest BCUT2D eigenvalue weighted by Crippen LogP contribution is -1.94. The van der Waals surface area contributed by atoms with Crippen LogP contribution >= 0.6 is 0 Å². The molecular formula is C9H12N2. The van der Waals surface area contributed by atoms with E-state index < -0.39 is 0 Å². The first-order chi connectivity index (χ1) is 5.27. The van der Waals surface area contributed by atoms with Gasteiger partial charge < -0.3 is 5.73 Å². The molecule has 11 heavy (non-hydrogen) atoms. The van der Waals surface area contributed by atoms with Gasteiger partial charge in [-0.3, -0.25) is 4.98 Å². The van der Waals surface area contributed by atoms with Crippen LogP contribution in [0.1, 0.15) is 30.0 Å². The number of nitrogens with zero attached hydrogens (tertiary/aromatic N) is 1. The second-order valence-corrected chi connectivity index (χ2v) is 3.23. The van der Waals surface area contributed by atoms with Gasteiger partial charge in [0.05, 0.1) is 0 Å². The summed E-state index contributed by atoms with van der Waals surface area (Å²) >= 11 is 0. The number of aryl methyl sites for hydroxylation is 1. The van der Waals surface area contributed by atoms with E-state index in [1.807, 2.05) is 19.2 Å². The zero-order valence-electron chi connectivity index (χ0n) is 6.67. The molecule has 0 saturated heterocycles. The summed E-state index contributed by atoms with van der Waals surface area (Å²) in [6.45, 7) is 1.97. The number of hydrogen-bond acceptors (Lipinski definition) is 2. The Labute approximate surface area is 66.4 Å². The molecule has 2 heteroatoms. The summed E-state index contributed by atoms with van der Waals surface area (Å²) in [7, 11) is 0. The fourth-order valence-corrected chi connectivity index (χ4v) is 1.33. The van der Waals surface area contributed by atoms with E-state index in [2.05, 4.69) is 4.98 Å². The average Bonchev–Trinajstić information content (AvgIpc) is 2.70. The van der Waals surface area contributed by atoms with Crippen molar-refractivity contribution < 1.29 is 0 Å². The number of aromatic nitrogens is 1. The van der Waals surface area contributed by atoms with E-state index >= 15 is 0 Å². The molecule has 0 aliphatic heterocycles. The van der Waals surface area contributed by atoms with Gasteiger partial charge in [-0.2, -0.15) is 0 Å². The number of rotatable bonds is 1. The quantitative estimate of drug-likeness (QED) is 0.660. The van der Waals surface area contributed by atoms with Crippen LogP contribution in [-0.4, -0.2) is 4.98 Å².